The molecule has 2 rings (SSSR count). The summed E-state index contributed by atoms with van der Waals surface area (Å²) in [4.78, 5) is 26.5. The number of hydrogen-bond acceptors (Lipinski definition) is 6. The molecule has 1 aliphatic rings. The summed E-state index contributed by atoms with van der Waals surface area (Å²) in [5, 5.41) is 2.45. The number of carbonyl (C=O) groups excluding carboxylic acids is 2. The molecule has 0 bridgehead atoms. The van der Waals surface area contributed by atoms with Crippen molar-refractivity contribution in [3.63, 3.8) is 0 Å². The van der Waals surface area contributed by atoms with Gasteiger partial charge in [0.05, 0.1) is 6.10 Å². The number of carbonyl (C=O) groups is 2. The zero-order valence-electron chi connectivity index (χ0n) is 15.7. The van der Waals surface area contributed by atoms with Crippen molar-refractivity contribution in [2.45, 2.75) is 43.7 Å². The predicted molar refractivity (Wildman–Crippen MR) is 99.8 cm³/mol. The molecular formula is C18H25N3O5S. The lowest BCUT2D eigenvalue weighted by atomic mass is 10.1. The lowest BCUT2D eigenvalue weighted by Gasteiger charge is -2.24. The molecule has 0 heterocycles. The highest BCUT2D eigenvalue weighted by molar-refractivity contribution is 7.61. The van der Waals surface area contributed by atoms with Crippen LogP contribution < -0.4 is 5.32 Å². The van der Waals surface area contributed by atoms with E-state index in [-0.39, 0.29) is 25.0 Å². The molecule has 0 aromatic heterocycles. The lowest BCUT2D eigenvalue weighted by Crippen LogP contribution is -2.48. The zero-order chi connectivity index (χ0) is 20.0. The molecule has 0 radical (unpaired) electrons. The van der Waals surface area contributed by atoms with Crippen molar-refractivity contribution in [2.75, 3.05) is 20.7 Å². The van der Waals surface area contributed by atoms with E-state index in [9.17, 15) is 18.0 Å². The second kappa shape index (κ2) is 9.09. The smallest absolute Gasteiger partial charge is 0.323 e. The van der Waals surface area contributed by atoms with E-state index in [0.717, 1.165) is 10.5 Å². The average Bonchev–Trinajstić information content (AvgIpc) is 3.39. The second-order valence-corrected chi connectivity index (χ2v) is 7.22. The van der Waals surface area contributed by atoms with Crippen molar-refractivity contribution in [1.82, 2.24) is 10.2 Å². The van der Waals surface area contributed by atoms with Gasteiger partial charge in [0.25, 0.3) is 5.91 Å². The minimum Gasteiger partial charge on any atom is -0.382 e. The minimum absolute atomic E-state index is 0.00238. The molecule has 1 saturated carbocycles. The normalized spacial score (nSPS) is 21.8. The van der Waals surface area contributed by atoms with Gasteiger partial charge in [-0.05, 0) is 31.7 Å². The molecule has 1 aromatic rings. The molecule has 27 heavy (non-hydrogen) atoms. The Labute approximate surface area is 160 Å². The van der Waals surface area contributed by atoms with Crippen molar-refractivity contribution in [2.24, 2.45) is 4.36 Å². The third kappa shape index (κ3) is 4.92. The molecule has 148 valence electrons. The topological polar surface area (TPSA) is 105 Å². The Bertz CT molecular complexity index is 804. The Kier molecular flexibility index (Phi) is 7.09. The van der Waals surface area contributed by atoms with E-state index < -0.39 is 28.0 Å². The van der Waals surface area contributed by atoms with Gasteiger partial charge in [-0.2, -0.15) is 12.8 Å². The molecule has 3 unspecified atom stereocenters. The Morgan fingerprint density at radius 2 is 2.04 bits per heavy atom. The fraction of sp³-hybridized carbons (Fsp3) is 0.556. The first kappa shape index (κ1) is 21.0. The second-order valence-electron chi connectivity index (χ2n) is 6.60. The third-order valence-corrected chi connectivity index (χ3v) is 5.32. The number of methoxy groups -OCH3 is 1. The SMILES string of the molecule is CNC(=O)N(CCCC(C)OC)C(=O)C1(N=S(=O)=O)CC1c1ccccc1. The number of amides is 3. The van der Waals surface area contributed by atoms with Gasteiger partial charge in [0, 0.05) is 26.6 Å². The number of rotatable bonds is 8. The molecule has 8 nitrogen and oxygen atoms in total. The molecule has 0 saturated heterocycles. The van der Waals surface area contributed by atoms with Crippen LogP contribution >= 0.6 is 0 Å². The summed E-state index contributed by atoms with van der Waals surface area (Å²) in [6.45, 7) is 2.06. The standard InChI is InChI=1S/C18H25N3O5S/c1-13(26-3)8-7-11-21(17(23)19-2)16(22)18(20-27(24)25)12-15(18)14-9-5-4-6-10-14/h4-6,9-10,13,15H,7-8,11-12H2,1-3H3,(H,19,23). The summed E-state index contributed by atoms with van der Waals surface area (Å²) in [5.74, 6) is -0.959. The maximum atomic E-state index is 13.2. The molecular weight excluding hydrogens is 370 g/mol. The Morgan fingerprint density at radius 3 is 2.59 bits per heavy atom. The van der Waals surface area contributed by atoms with E-state index in [1.54, 1.807) is 7.11 Å². The Hall–Kier alpha value is -2.26. The van der Waals surface area contributed by atoms with Gasteiger partial charge in [-0.1, -0.05) is 30.3 Å². The van der Waals surface area contributed by atoms with Crippen LogP contribution in [0, 0.1) is 0 Å². The maximum Gasteiger partial charge on any atom is 0.323 e. The number of benzene rings is 1. The summed E-state index contributed by atoms with van der Waals surface area (Å²) >= 11 is 0. The van der Waals surface area contributed by atoms with Gasteiger partial charge in [0.2, 0.25) is 0 Å². The van der Waals surface area contributed by atoms with Crippen LogP contribution in [-0.4, -0.2) is 57.6 Å². The van der Waals surface area contributed by atoms with Crippen molar-refractivity contribution in [1.29, 1.82) is 0 Å². The summed E-state index contributed by atoms with van der Waals surface area (Å²) in [6.07, 6.45) is 1.46. The highest BCUT2D eigenvalue weighted by Crippen LogP contribution is 2.55. The van der Waals surface area contributed by atoms with Crippen LogP contribution in [0.3, 0.4) is 0 Å². The van der Waals surface area contributed by atoms with Gasteiger partial charge < -0.3 is 10.1 Å². The van der Waals surface area contributed by atoms with Gasteiger partial charge in [0.15, 0.2) is 5.54 Å². The molecule has 3 amide bonds. The number of urea groups is 1. The van der Waals surface area contributed by atoms with Crippen LogP contribution in [0.5, 0.6) is 0 Å². The Balaban J connectivity index is 2.26. The molecule has 0 spiro atoms. The molecule has 9 heteroatoms. The average molecular weight is 395 g/mol. The van der Waals surface area contributed by atoms with Crippen LogP contribution in [-0.2, 0) is 20.0 Å². The molecule has 1 aromatic carbocycles. The van der Waals surface area contributed by atoms with Crippen LogP contribution in [0.1, 0.15) is 37.7 Å². The van der Waals surface area contributed by atoms with Crippen molar-refractivity contribution in [3.8, 4) is 0 Å². The van der Waals surface area contributed by atoms with E-state index in [0.29, 0.717) is 12.8 Å². The first-order chi connectivity index (χ1) is 12.9. The summed E-state index contributed by atoms with van der Waals surface area (Å²) in [7, 11) is 0.266. The molecule has 1 fully saturated rings. The fourth-order valence-corrected chi connectivity index (χ4v) is 3.71. The largest absolute Gasteiger partial charge is 0.382 e. The molecule has 1 aliphatic carbocycles. The van der Waals surface area contributed by atoms with E-state index in [2.05, 4.69) is 9.68 Å². The quantitative estimate of drug-likeness (QED) is 0.724. The number of hydrogen-bond donors (Lipinski definition) is 1. The van der Waals surface area contributed by atoms with E-state index >= 15 is 0 Å². The lowest BCUT2D eigenvalue weighted by molar-refractivity contribution is -0.130. The summed E-state index contributed by atoms with van der Waals surface area (Å²) in [5.41, 5.74) is -0.627. The number of ether oxygens (including phenoxy) is 1. The van der Waals surface area contributed by atoms with Gasteiger partial charge in [-0.25, -0.2) is 4.79 Å². The van der Waals surface area contributed by atoms with E-state index in [1.807, 2.05) is 37.3 Å². The van der Waals surface area contributed by atoms with Crippen molar-refractivity contribution in [3.05, 3.63) is 35.9 Å². The van der Waals surface area contributed by atoms with Crippen LogP contribution in [0.15, 0.2) is 34.7 Å². The zero-order valence-corrected chi connectivity index (χ0v) is 16.5. The van der Waals surface area contributed by atoms with Gasteiger partial charge in [-0.3, -0.25) is 9.69 Å². The van der Waals surface area contributed by atoms with Crippen LogP contribution in [0.2, 0.25) is 0 Å². The minimum atomic E-state index is -2.76. The van der Waals surface area contributed by atoms with E-state index in [4.69, 9.17) is 4.74 Å². The number of nitrogens with zero attached hydrogens (tertiary/aromatic N) is 2. The van der Waals surface area contributed by atoms with Gasteiger partial charge >= 0.3 is 16.5 Å². The number of imide groups is 1. The fourth-order valence-electron chi connectivity index (χ4n) is 3.16. The van der Waals surface area contributed by atoms with Crippen molar-refractivity contribution < 1.29 is 22.7 Å². The summed E-state index contributed by atoms with van der Waals surface area (Å²) in [6, 6.07) is 8.56. The monoisotopic (exact) mass is 395 g/mol. The maximum absolute atomic E-state index is 13.2. The molecule has 0 aliphatic heterocycles. The molecule has 1 N–H and O–H groups in total. The van der Waals surface area contributed by atoms with Crippen molar-refractivity contribution >= 4 is 22.4 Å². The first-order valence-corrected chi connectivity index (χ1v) is 9.82. The van der Waals surface area contributed by atoms with Crippen LogP contribution in [0.4, 0.5) is 4.79 Å². The van der Waals surface area contributed by atoms with Gasteiger partial charge in [0.1, 0.15) is 0 Å². The number of nitrogens with one attached hydrogen (secondary N) is 1. The molecule has 3 atom stereocenters. The summed E-state index contributed by atoms with van der Waals surface area (Å²) < 4.78 is 31.5. The predicted octanol–water partition coefficient (Wildman–Crippen LogP) is 1.96. The van der Waals surface area contributed by atoms with Crippen LogP contribution in [0.25, 0.3) is 0 Å². The first-order valence-electron chi connectivity index (χ1n) is 8.79. The highest BCUT2D eigenvalue weighted by Gasteiger charge is 2.64. The Morgan fingerprint density at radius 1 is 1.37 bits per heavy atom. The van der Waals surface area contributed by atoms with E-state index in [1.165, 1.54) is 7.05 Å². The van der Waals surface area contributed by atoms with Gasteiger partial charge in [-0.15, -0.1) is 0 Å². The third-order valence-electron chi connectivity index (χ3n) is 4.84. The highest BCUT2D eigenvalue weighted by atomic mass is 32.2.